The Labute approximate surface area is 196 Å². The summed E-state index contributed by atoms with van der Waals surface area (Å²) in [6.07, 6.45) is 1.77. The first-order valence-corrected chi connectivity index (χ1v) is 10.9. The van der Waals surface area contributed by atoms with E-state index in [4.69, 9.17) is 21.7 Å². The third-order valence-corrected chi connectivity index (χ3v) is 6.06. The van der Waals surface area contributed by atoms with Crippen LogP contribution >= 0.6 is 12.2 Å². The zero-order valence-electron chi connectivity index (χ0n) is 17.8. The number of hydrogen-bond donors (Lipinski definition) is 2. The molecule has 1 fully saturated rings. The van der Waals surface area contributed by atoms with E-state index in [1.54, 1.807) is 30.5 Å². The second kappa shape index (κ2) is 8.52. The number of nitrogens with one attached hydrogen (secondary N) is 1. The maximum Gasteiger partial charge on any atom is 0.335 e. The van der Waals surface area contributed by atoms with E-state index in [9.17, 15) is 4.79 Å². The molecule has 5 rings (SSSR count). The lowest BCUT2D eigenvalue weighted by Gasteiger charge is -2.26. The number of aromatic carboxylic acids is 1. The van der Waals surface area contributed by atoms with Gasteiger partial charge in [0.15, 0.2) is 5.11 Å². The highest BCUT2D eigenvalue weighted by molar-refractivity contribution is 7.80. The number of pyridine rings is 1. The molecular formula is C26H21N3O3S. The Balaban J connectivity index is 1.56. The van der Waals surface area contributed by atoms with E-state index in [0.29, 0.717) is 10.9 Å². The first kappa shape index (κ1) is 20.9. The predicted molar refractivity (Wildman–Crippen MR) is 130 cm³/mol. The number of carboxylic acids is 1. The van der Waals surface area contributed by atoms with Gasteiger partial charge in [0, 0.05) is 17.4 Å². The summed E-state index contributed by atoms with van der Waals surface area (Å²) in [6, 6.07) is 24.0. The van der Waals surface area contributed by atoms with Gasteiger partial charge in [-0.2, -0.15) is 0 Å². The molecule has 0 aliphatic carbocycles. The van der Waals surface area contributed by atoms with Crippen molar-refractivity contribution in [1.29, 1.82) is 0 Å². The molecule has 164 valence electrons. The van der Waals surface area contributed by atoms with Crippen molar-refractivity contribution in [1.82, 2.24) is 10.3 Å². The van der Waals surface area contributed by atoms with Gasteiger partial charge in [-0.3, -0.25) is 4.98 Å². The number of nitrogens with zero attached hydrogens (tertiary/aromatic N) is 2. The molecule has 0 unspecified atom stereocenters. The molecule has 2 aromatic carbocycles. The maximum atomic E-state index is 11.2. The van der Waals surface area contributed by atoms with Crippen molar-refractivity contribution in [3.8, 4) is 11.3 Å². The molecule has 2 aromatic heterocycles. The van der Waals surface area contributed by atoms with Crippen molar-refractivity contribution >= 4 is 29.0 Å². The number of carbonyl (C=O) groups is 1. The molecule has 0 amide bonds. The van der Waals surface area contributed by atoms with Crippen LogP contribution in [-0.2, 0) is 0 Å². The molecule has 1 aliphatic heterocycles. The molecule has 0 spiro atoms. The van der Waals surface area contributed by atoms with Crippen molar-refractivity contribution in [2.24, 2.45) is 0 Å². The van der Waals surface area contributed by atoms with Gasteiger partial charge in [-0.05, 0) is 67.7 Å². The fourth-order valence-corrected chi connectivity index (χ4v) is 4.42. The summed E-state index contributed by atoms with van der Waals surface area (Å²) < 4.78 is 6.31. The zero-order chi connectivity index (χ0) is 22.9. The number of hydrogen-bond acceptors (Lipinski definition) is 4. The third kappa shape index (κ3) is 3.99. The molecule has 0 bridgehead atoms. The second-order valence-corrected chi connectivity index (χ2v) is 8.30. The smallest absolute Gasteiger partial charge is 0.335 e. The van der Waals surface area contributed by atoms with Crippen LogP contribution in [0.15, 0.2) is 89.5 Å². The molecule has 1 saturated heterocycles. The van der Waals surface area contributed by atoms with E-state index < -0.39 is 5.97 Å². The van der Waals surface area contributed by atoms with Crippen LogP contribution in [0.2, 0.25) is 0 Å². The van der Waals surface area contributed by atoms with Gasteiger partial charge in [-0.15, -0.1) is 0 Å². The van der Waals surface area contributed by atoms with Crippen LogP contribution in [0.1, 0.15) is 39.5 Å². The van der Waals surface area contributed by atoms with Crippen molar-refractivity contribution in [3.63, 3.8) is 0 Å². The Hall–Kier alpha value is -3.97. The number of rotatable bonds is 5. The molecule has 3 heterocycles. The van der Waals surface area contributed by atoms with Crippen LogP contribution < -0.4 is 10.2 Å². The molecule has 0 saturated carbocycles. The molecule has 2 N–H and O–H groups in total. The van der Waals surface area contributed by atoms with Gasteiger partial charge in [0.05, 0.1) is 17.3 Å². The summed E-state index contributed by atoms with van der Waals surface area (Å²) in [5.41, 5.74) is 4.03. The third-order valence-electron chi connectivity index (χ3n) is 5.74. The average molecular weight is 456 g/mol. The van der Waals surface area contributed by atoms with Crippen molar-refractivity contribution in [3.05, 3.63) is 108 Å². The van der Waals surface area contributed by atoms with Gasteiger partial charge in [0.2, 0.25) is 0 Å². The van der Waals surface area contributed by atoms with Crippen LogP contribution in [-0.4, -0.2) is 21.2 Å². The van der Waals surface area contributed by atoms with Crippen LogP contribution in [0.25, 0.3) is 11.3 Å². The molecule has 0 radical (unpaired) electrons. The Kier molecular flexibility index (Phi) is 5.40. The summed E-state index contributed by atoms with van der Waals surface area (Å²) in [4.78, 5) is 17.8. The SMILES string of the molecule is Cc1ccc(N2C(=S)N[C@H](c3ccccn3)[C@@H]2c2ccc(-c3ccc(C(=O)O)cc3)o2)cc1. The first-order chi connectivity index (χ1) is 16.0. The number of aromatic nitrogens is 1. The topological polar surface area (TPSA) is 78.6 Å². The lowest BCUT2D eigenvalue weighted by atomic mass is 10.0. The minimum absolute atomic E-state index is 0.201. The second-order valence-electron chi connectivity index (χ2n) is 7.92. The van der Waals surface area contributed by atoms with Crippen LogP contribution in [0.5, 0.6) is 0 Å². The highest BCUT2D eigenvalue weighted by Gasteiger charge is 2.42. The van der Waals surface area contributed by atoms with E-state index in [2.05, 4.69) is 27.3 Å². The molecule has 7 heteroatoms. The molecular weight excluding hydrogens is 434 g/mol. The summed E-state index contributed by atoms with van der Waals surface area (Å²) >= 11 is 5.74. The normalized spacial score (nSPS) is 17.7. The number of thiocarbonyl (C=S) groups is 1. The summed E-state index contributed by atoms with van der Waals surface area (Å²) in [5, 5.41) is 13.2. The van der Waals surface area contributed by atoms with Gasteiger partial charge in [-0.1, -0.05) is 35.9 Å². The molecule has 33 heavy (non-hydrogen) atoms. The quantitative estimate of drug-likeness (QED) is 0.383. The lowest BCUT2D eigenvalue weighted by molar-refractivity contribution is 0.0697. The van der Waals surface area contributed by atoms with Crippen molar-refractivity contribution < 1.29 is 14.3 Å². The largest absolute Gasteiger partial charge is 0.478 e. The number of aryl methyl sites for hydroxylation is 1. The minimum atomic E-state index is -0.959. The van der Waals surface area contributed by atoms with Gasteiger partial charge in [0.25, 0.3) is 0 Å². The zero-order valence-corrected chi connectivity index (χ0v) is 18.6. The number of benzene rings is 2. The van der Waals surface area contributed by atoms with Crippen LogP contribution in [0.3, 0.4) is 0 Å². The number of carboxylic acid groups (broad SMARTS) is 1. The van der Waals surface area contributed by atoms with Gasteiger partial charge >= 0.3 is 5.97 Å². The Bertz CT molecular complexity index is 1300. The number of anilines is 1. The molecule has 2 atom stereocenters. The Morgan fingerprint density at radius 2 is 1.79 bits per heavy atom. The van der Waals surface area contributed by atoms with E-state index in [-0.39, 0.29) is 17.6 Å². The van der Waals surface area contributed by atoms with Crippen LogP contribution in [0, 0.1) is 6.92 Å². The lowest BCUT2D eigenvalue weighted by Crippen LogP contribution is -2.29. The monoisotopic (exact) mass is 455 g/mol. The first-order valence-electron chi connectivity index (χ1n) is 10.5. The minimum Gasteiger partial charge on any atom is -0.478 e. The maximum absolute atomic E-state index is 11.2. The Morgan fingerprint density at radius 3 is 2.45 bits per heavy atom. The van der Waals surface area contributed by atoms with E-state index >= 15 is 0 Å². The highest BCUT2D eigenvalue weighted by Crippen LogP contribution is 2.42. The Morgan fingerprint density at radius 1 is 1.03 bits per heavy atom. The summed E-state index contributed by atoms with van der Waals surface area (Å²) in [5.74, 6) is 0.429. The fourth-order valence-electron chi connectivity index (χ4n) is 4.07. The molecule has 1 aliphatic rings. The van der Waals surface area contributed by atoms with E-state index in [1.807, 2.05) is 49.4 Å². The van der Waals surface area contributed by atoms with Crippen molar-refractivity contribution in [2.45, 2.75) is 19.0 Å². The fraction of sp³-hybridized carbons (Fsp3) is 0.115. The average Bonchev–Trinajstić information content (AvgIpc) is 3.45. The standard InChI is InChI=1S/C26H21N3O3S/c1-16-5-11-19(12-6-16)29-24(23(28-26(29)33)20-4-2-3-15-27-20)22-14-13-21(32-22)17-7-9-18(10-8-17)25(30)31/h2-15,23-24H,1H3,(H,28,33)(H,30,31)/t23-,24+/m1/s1. The van der Waals surface area contributed by atoms with E-state index in [1.165, 1.54) is 5.56 Å². The summed E-state index contributed by atoms with van der Waals surface area (Å²) in [6.45, 7) is 2.05. The highest BCUT2D eigenvalue weighted by atomic mass is 32.1. The van der Waals surface area contributed by atoms with Gasteiger partial charge in [-0.25, -0.2) is 4.79 Å². The van der Waals surface area contributed by atoms with Crippen molar-refractivity contribution in [2.75, 3.05) is 4.90 Å². The number of furan rings is 1. The predicted octanol–water partition coefficient (Wildman–Crippen LogP) is 5.53. The van der Waals surface area contributed by atoms with Crippen LogP contribution in [0.4, 0.5) is 5.69 Å². The molecule has 4 aromatic rings. The van der Waals surface area contributed by atoms with Gasteiger partial charge in [0.1, 0.15) is 17.6 Å². The molecule has 6 nitrogen and oxygen atoms in total. The summed E-state index contributed by atoms with van der Waals surface area (Å²) in [7, 11) is 0. The van der Waals surface area contributed by atoms with E-state index in [0.717, 1.165) is 22.7 Å². The van der Waals surface area contributed by atoms with Gasteiger partial charge < -0.3 is 19.7 Å².